The summed E-state index contributed by atoms with van der Waals surface area (Å²) in [6.07, 6.45) is -3.31. The van der Waals surface area contributed by atoms with E-state index in [4.69, 9.17) is 106 Å². The number of carbonyl (C=O) groups is 10. The molecule has 0 saturated carbocycles. The van der Waals surface area contributed by atoms with Crippen molar-refractivity contribution in [2.24, 2.45) is 0 Å². The Balaban J connectivity index is -0.000000168. The molecule has 30 heteroatoms. The SMILES string of the molecule is CC(=O)O.CC(O)C(=O)O.O=C(O)/C=C\C(=O)O.O=C(O)C(O)c1ccccc1.O=C(O)CC(O)(CC(=O)O)C(=O)O.O=C(O)c1cc(O)ccc1O.O=C(O)c1ccccc1O.O=C=O.O=C=O. The summed E-state index contributed by atoms with van der Waals surface area (Å²) >= 11 is 0. The second-order valence-corrected chi connectivity index (χ2v) is 11.2. The van der Waals surface area contributed by atoms with Crippen molar-refractivity contribution < 1.29 is 149 Å². The van der Waals surface area contributed by atoms with Crippen LogP contribution in [0.3, 0.4) is 0 Å². The molecule has 0 spiro atoms. The summed E-state index contributed by atoms with van der Waals surface area (Å²) in [6, 6.07) is 17.4. The lowest BCUT2D eigenvalue weighted by Crippen LogP contribution is -2.42. The summed E-state index contributed by atoms with van der Waals surface area (Å²) < 4.78 is 0. The largest absolute Gasteiger partial charge is 0.508 e. The number of aromatic hydroxyl groups is 3. The van der Waals surface area contributed by atoms with Gasteiger partial charge in [0, 0.05) is 19.1 Å². The normalized spacial score (nSPS) is 9.75. The highest BCUT2D eigenvalue weighted by Crippen LogP contribution is 2.21. The number of hydrogen-bond acceptors (Lipinski definition) is 20. The predicted octanol–water partition coefficient (Wildman–Crippen LogP) is -0.470. The molecule has 2 unspecified atom stereocenters. The third-order valence-electron chi connectivity index (χ3n) is 5.71. The van der Waals surface area contributed by atoms with E-state index in [2.05, 4.69) is 0 Å². The fourth-order valence-electron chi connectivity index (χ4n) is 2.98. The van der Waals surface area contributed by atoms with E-state index in [-0.39, 0.29) is 40.7 Å². The van der Waals surface area contributed by atoms with Crippen LogP contribution in [-0.2, 0) is 57.5 Å². The second kappa shape index (κ2) is 40.9. The number of rotatable bonds is 12. The summed E-state index contributed by atoms with van der Waals surface area (Å²) in [5.41, 5.74) is -2.70. The van der Waals surface area contributed by atoms with Crippen LogP contribution in [0.5, 0.6) is 17.2 Å². The summed E-state index contributed by atoms with van der Waals surface area (Å²) in [5, 5.41) is 133. The first-order valence-corrected chi connectivity index (χ1v) is 17.0. The molecule has 0 radical (unpaired) electrons. The Labute approximate surface area is 384 Å². The fourth-order valence-corrected chi connectivity index (χ4v) is 2.98. The first-order valence-electron chi connectivity index (χ1n) is 17.0. The van der Waals surface area contributed by atoms with Crippen LogP contribution in [0.25, 0.3) is 0 Å². The number of carbonyl (C=O) groups excluding carboxylic acids is 4. The van der Waals surface area contributed by atoms with Crippen molar-refractivity contribution in [3.63, 3.8) is 0 Å². The van der Waals surface area contributed by atoms with Crippen LogP contribution in [-0.4, -0.2) is 165 Å². The third-order valence-corrected chi connectivity index (χ3v) is 5.71. The van der Waals surface area contributed by atoms with Gasteiger partial charge in [-0.2, -0.15) is 19.2 Å². The molecule has 0 aliphatic rings. The number of carboxylic acid groups (broad SMARTS) is 10. The Morgan fingerprint density at radius 2 is 0.884 bits per heavy atom. The minimum Gasteiger partial charge on any atom is -0.508 e. The van der Waals surface area contributed by atoms with Gasteiger partial charge in [-0.25, -0.2) is 33.6 Å². The number of carboxylic acids is 10. The van der Waals surface area contributed by atoms with E-state index >= 15 is 0 Å². The van der Waals surface area contributed by atoms with Crippen molar-refractivity contribution in [1.82, 2.24) is 0 Å². The number of phenolic OH excluding ortho intramolecular Hbond substituents is 1. The molecule has 3 aromatic rings. The average Bonchev–Trinajstić information content (AvgIpc) is 3.22. The van der Waals surface area contributed by atoms with Crippen LogP contribution < -0.4 is 0 Å². The molecule has 378 valence electrons. The topological polar surface area (TPSA) is 563 Å². The Morgan fingerprint density at radius 3 is 1.13 bits per heavy atom. The molecule has 0 heterocycles. The second-order valence-electron chi connectivity index (χ2n) is 11.2. The first kappa shape index (κ1) is 70.8. The highest BCUT2D eigenvalue weighted by Gasteiger charge is 2.40. The monoisotopic (exact) mass is 990 g/mol. The van der Waals surface area contributed by atoms with Gasteiger partial charge in [0.1, 0.15) is 34.5 Å². The lowest BCUT2D eigenvalue weighted by molar-refractivity contribution is -0.193. The summed E-state index contributed by atoms with van der Waals surface area (Å²) in [5.74, 6) is -13.9. The van der Waals surface area contributed by atoms with Crippen LogP contribution in [0.4, 0.5) is 0 Å². The van der Waals surface area contributed by atoms with Crippen LogP contribution in [0.1, 0.15) is 59.1 Å². The van der Waals surface area contributed by atoms with Gasteiger partial charge >= 0.3 is 66.0 Å². The minimum atomic E-state index is -2.74. The molecule has 0 aliphatic heterocycles. The molecule has 0 saturated heterocycles. The molecule has 0 aliphatic carbocycles. The van der Waals surface area contributed by atoms with Crippen molar-refractivity contribution in [2.75, 3.05) is 0 Å². The van der Waals surface area contributed by atoms with Gasteiger partial charge < -0.3 is 81.7 Å². The van der Waals surface area contributed by atoms with Crippen LogP contribution in [0, 0.1) is 0 Å². The van der Waals surface area contributed by atoms with Crippen LogP contribution in [0.15, 0.2) is 84.9 Å². The fraction of sp³-hybridized carbons (Fsp3) is 0.179. The molecule has 69 heavy (non-hydrogen) atoms. The predicted molar refractivity (Wildman–Crippen MR) is 215 cm³/mol. The smallest absolute Gasteiger partial charge is 0.373 e. The van der Waals surface area contributed by atoms with Gasteiger partial charge in [0.15, 0.2) is 11.7 Å². The molecule has 2 atom stereocenters. The summed E-state index contributed by atoms with van der Waals surface area (Å²) in [6.45, 7) is 2.28. The molecule has 0 bridgehead atoms. The summed E-state index contributed by atoms with van der Waals surface area (Å²) in [4.78, 5) is 131. The van der Waals surface area contributed by atoms with Crippen LogP contribution >= 0.6 is 0 Å². The number of aliphatic hydroxyl groups is 3. The van der Waals surface area contributed by atoms with E-state index in [1.165, 1.54) is 25.1 Å². The molecule has 3 rings (SSSR count). The van der Waals surface area contributed by atoms with Gasteiger partial charge in [0.25, 0.3) is 5.97 Å². The first-order chi connectivity index (χ1) is 31.6. The van der Waals surface area contributed by atoms with Crippen molar-refractivity contribution in [2.45, 2.75) is 44.5 Å². The maximum Gasteiger partial charge on any atom is 0.373 e. The average molecular weight is 991 g/mol. The lowest BCUT2D eigenvalue weighted by atomic mass is 9.96. The van der Waals surface area contributed by atoms with Gasteiger partial charge in [-0.3, -0.25) is 14.4 Å². The quantitative estimate of drug-likeness (QED) is 0.0805. The molecule has 0 fully saturated rings. The maximum atomic E-state index is 10.3. The number of aliphatic carboxylic acids is 8. The Hall–Kier alpha value is -9.86. The molecule has 3 aromatic carbocycles. The number of hydrogen-bond donors (Lipinski definition) is 16. The third kappa shape index (κ3) is 46.0. The van der Waals surface area contributed by atoms with Crippen molar-refractivity contribution in [1.29, 1.82) is 0 Å². The summed E-state index contributed by atoms with van der Waals surface area (Å²) in [7, 11) is 0. The van der Waals surface area contributed by atoms with E-state index in [9.17, 15) is 43.2 Å². The Morgan fingerprint density at radius 1 is 0.551 bits per heavy atom. The number of aliphatic hydroxyl groups excluding tert-OH is 2. The Bertz CT molecular complexity index is 2170. The molecule has 30 nitrogen and oxygen atoms in total. The highest BCUT2D eigenvalue weighted by molar-refractivity contribution is 5.92. The molecule has 0 amide bonds. The molecular formula is C39H42O30. The standard InChI is InChI=1S/C8H8O3.C7H6O4.C7H6O3.C6H8O7.C4H4O4.C3H6O3.C2H4O2.2CO2/c9-7(8(10)11)6-4-2-1-3-5-6;8-4-1-2-6(9)5(3-4)7(10)11;8-6-4-2-1-3-5(6)7(9)10;7-3(8)1-6(13,5(11)12)2-4(9)10;5-3(6)1-2-4(7)8;1-2(4)3(5)6;1-2(3)4;2*2-1-3/h1-5,7,9H,(H,10,11);1-3,8-9H,(H,10,11);1-4,8H,(H,9,10);13H,1-2H2,(H,7,8)(H,9,10)(H,11,12);1-2H,(H,5,6)(H,7,8);2,4H,1H3,(H,5,6);1H3,(H,3,4);;/b;;;;2-1-;;;;. The van der Waals surface area contributed by atoms with Gasteiger partial charge in [-0.1, -0.05) is 42.5 Å². The highest BCUT2D eigenvalue weighted by atomic mass is 16.4. The van der Waals surface area contributed by atoms with Gasteiger partial charge in [0.05, 0.1) is 12.8 Å². The van der Waals surface area contributed by atoms with E-state index in [1.807, 2.05) is 0 Å². The van der Waals surface area contributed by atoms with E-state index < -0.39 is 90.3 Å². The van der Waals surface area contributed by atoms with Gasteiger partial charge in [0.2, 0.25) is 0 Å². The lowest BCUT2D eigenvalue weighted by Gasteiger charge is -2.18. The Kier molecular flexibility index (Phi) is 41.9. The molecule has 0 aromatic heterocycles. The number of phenols is 3. The zero-order valence-electron chi connectivity index (χ0n) is 35.0. The number of benzene rings is 3. The molecular weight excluding hydrogens is 948 g/mol. The van der Waals surface area contributed by atoms with Gasteiger partial charge in [-0.15, -0.1) is 0 Å². The van der Waals surface area contributed by atoms with Crippen molar-refractivity contribution >= 4 is 72.0 Å². The number of aromatic carboxylic acids is 2. The van der Waals surface area contributed by atoms with Crippen molar-refractivity contribution in [3.8, 4) is 17.2 Å². The van der Waals surface area contributed by atoms with E-state index in [0.717, 1.165) is 19.1 Å². The maximum absolute atomic E-state index is 10.3. The van der Waals surface area contributed by atoms with Gasteiger partial charge in [-0.05, 0) is 42.8 Å². The number of para-hydroxylation sites is 1. The van der Waals surface area contributed by atoms with Crippen LogP contribution in [0.2, 0.25) is 0 Å². The van der Waals surface area contributed by atoms with E-state index in [1.54, 1.807) is 42.5 Å². The minimum absolute atomic E-state index is 0.0671. The van der Waals surface area contributed by atoms with Crippen molar-refractivity contribution in [3.05, 3.63) is 102 Å². The zero-order chi connectivity index (χ0) is 55.6. The zero-order valence-corrected chi connectivity index (χ0v) is 35.0. The van der Waals surface area contributed by atoms with E-state index in [0.29, 0.717) is 17.7 Å². The molecule has 16 N–H and O–H groups in total.